The third kappa shape index (κ3) is 3.19. The zero-order valence-corrected chi connectivity index (χ0v) is 10.7. The van der Waals surface area contributed by atoms with Crippen molar-refractivity contribution in [2.24, 2.45) is 0 Å². The van der Waals surface area contributed by atoms with Crippen molar-refractivity contribution < 1.29 is 14.3 Å². The van der Waals surface area contributed by atoms with Gasteiger partial charge in [-0.3, -0.25) is 4.90 Å². The van der Waals surface area contributed by atoms with E-state index in [0.717, 1.165) is 19.4 Å². The topological polar surface area (TPSA) is 38.8 Å². The van der Waals surface area contributed by atoms with Gasteiger partial charge in [-0.15, -0.1) is 0 Å². The first-order valence-corrected chi connectivity index (χ1v) is 6.09. The van der Waals surface area contributed by atoms with Crippen molar-refractivity contribution in [1.82, 2.24) is 4.90 Å². The number of rotatable bonds is 4. The lowest BCUT2D eigenvalue weighted by Crippen LogP contribution is -2.53. The first-order valence-electron chi connectivity index (χ1n) is 6.09. The number of nitrogens with zero attached hydrogens (tertiary/aromatic N) is 1. The van der Waals surface area contributed by atoms with Gasteiger partial charge in [0.25, 0.3) is 0 Å². The molecule has 0 bridgehead atoms. The van der Waals surface area contributed by atoms with Gasteiger partial charge in [0.1, 0.15) is 0 Å². The minimum Gasteiger partial charge on any atom is -0.467 e. The summed E-state index contributed by atoms with van der Waals surface area (Å²) in [4.78, 5) is 13.8. The van der Waals surface area contributed by atoms with Crippen LogP contribution in [-0.4, -0.2) is 49.3 Å². The second-order valence-corrected chi connectivity index (χ2v) is 4.38. The Morgan fingerprint density at radius 2 is 2.06 bits per heavy atom. The molecule has 1 fully saturated rings. The molecule has 1 aliphatic heterocycles. The van der Waals surface area contributed by atoms with Crippen LogP contribution in [0.1, 0.15) is 33.6 Å². The highest BCUT2D eigenvalue weighted by atomic mass is 16.6. The van der Waals surface area contributed by atoms with Crippen molar-refractivity contribution in [3.8, 4) is 0 Å². The SMILES string of the molecule is CCC(CC)N1C[C@@H](C)O[C@@H](C(=O)OC)C1. The smallest absolute Gasteiger partial charge is 0.336 e. The second-order valence-electron chi connectivity index (χ2n) is 4.38. The standard InChI is InChI=1S/C12H23NO3/c1-5-10(6-2)13-7-9(3)16-11(8-13)12(14)15-4/h9-11H,5-8H2,1-4H3/t9-,11-/m1/s1. The zero-order chi connectivity index (χ0) is 12.1. The summed E-state index contributed by atoms with van der Waals surface area (Å²) in [5.74, 6) is -0.262. The molecular weight excluding hydrogens is 206 g/mol. The maximum absolute atomic E-state index is 11.5. The summed E-state index contributed by atoms with van der Waals surface area (Å²) in [6, 6.07) is 0.540. The molecule has 0 aliphatic carbocycles. The molecule has 1 rings (SSSR count). The molecular formula is C12H23NO3. The van der Waals surface area contributed by atoms with Crippen LogP contribution in [0.2, 0.25) is 0 Å². The monoisotopic (exact) mass is 229 g/mol. The summed E-state index contributed by atoms with van der Waals surface area (Å²) in [5, 5.41) is 0. The van der Waals surface area contributed by atoms with E-state index < -0.39 is 6.10 Å². The molecule has 0 aromatic rings. The highest BCUT2D eigenvalue weighted by Crippen LogP contribution is 2.18. The molecule has 0 aromatic carbocycles. The van der Waals surface area contributed by atoms with Gasteiger partial charge in [-0.1, -0.05) is 13.8 Å². The van der Waals surface area contributed by atoms with Crippen molar-refractivity contribution in [2.75, 3.05) is 20.2 Å². The minimum absolute atomic E-state index is 0.0958. The predicted molar refractivity (Wildman–Crippen MR) is 62.3 cm³/mol. The van der Waals surface area contributed by atoms with Gasteiger partial charge >= 0.3 is 5.97 Å². The molecule has 0 saturated carbocycles. The highest BCUT2D eigenvalue weighted by Gasteiger charge is 2.33. The number of carbonyl (C=O) groups excluding carboxylic acids is 1. The molecule has 1 saturated heterocycles. The molecule has 4 nitrogen and oxygen atoms in total. The Morgan fingerprint density at radius 3 is 2.56 bits per heavy atom. The van der Waals surface area contributed by atoms with Gasteiger partial charge in [0, 0.05) is 19.1 Å². The number of morpholine rings is 1. The molecule has 0 aromatic heterocycles. The first kappa shape index (κ1) is 13.5. The summed E-state index contributed by atoms with van der Waals surface area (Å²) in [5.41, 5.74) is 0. The Kier molecular flexibility index (Phi) is 5.22. The van der Waals surface area contributed by atoms with Gasteiger partial charge in [0.05, 0.1) is 13.2 Å². The minimum atomic E-state index is -0.422. The number of esters is 1. The van der Waals surface area contributed by atoms with E-state index in [4.69, 9.17) is 9.47 Å². The molecule has 0 amide bonds. The van der Waals surface area contributed by atoms with Crippen LogP contribution in [0.15, 0.2) is 0 Å². The van der Waals surface area contributed by atoms with E-state index in [1.165, 1.54) is 7.11 Å². The second kappa shape index (κ2) is 6.21. The van der Waals surface area contributed by atoms with Crippen molar-refractivity contribution in [3.05, 3.63) is 0 Å². The van der Waals surface area contributed by atoms with Crippen molar-refractivity contribution >= 4 is 5.97 Å². The average molecular weight is 229 g/mol. The fourth-order valence-corrected chi connectivity index (χ4v) is 2.35. The van der Waals surface area contributed by atoms with Gasteiger partial charge in [-0.2, -0.15) is 0 Å². The summed E-state index contributed by atoms with van der Waals surface area (Å²) in [6.07, 6.45) is 1.89. The zero-order valence-electron chi connectivity index (χ0n) is 10.7. The first-order chi connectivity index (χ1) is 7.62. The molecule has 94 valence electrons. The third-order valence-electron chi connectivity index (χ3n) is 3.21. The van der Waals surface area contributed by atoms with Gasteiger partial charge in [-0.05, 0) is 19.8 Å². The van der Waals surface area contributed by atoms with Crippen LogP contribution in [0, 0.1) is 0 Å². The molecule has 1 aliphatic rings. The van der Waals surface area contributed by atoms with E-state index in [2.05, 4.69) is 18.7 Å². The molecule has 0 N–H and O–H groups in total. The van der Waals surface area contributed by atoms with E-state index in [1.54, 1.807) is 0 Å². The molecule has 0 spiro atoms. The Hall–Kier alpha value is -0.610. The van der Waals surface area contributed by atoms with E-state index in [-0.39, 0.29) is 12.1 Å². The van der Waals surface area contributed by atoms with Crippen LogP contribution in [0.25, 0.3) is 0 Å². The lowest BCUT2D eigenvalue weighted by Gasteiger charge is -2.39. The largest absolute Gasteiger partial charge is 0.467 e. The van der Waals surface area contributed by atoms with E-state index in [9.17, 15) is 4.79 Å². The molecule has 4 heteroatoms. The summed E-state index contributed by atoms with van der Waals surface area (Å²) >= 11 is 0. The van der Waals surface area contributed by atoms with Crippen LogP contribution < -0.4 is 0 Å². The van der Waals surface area contributed by atoms with Crippen LogP contribution in [0.5, 0.6) is 0 Å². The number of carbonyl (C=O) groups is 1. The number of methoxy groups -OCH3 is 1. The van der Waals surface area contributed by atoms with Crippen LogP contribution in [0.3, 0.4) is 0 Å². The summed E-state index contributed by atoms with van der Waals surface area (Å²) < 4.78 is 10.3. The van der Waals surface area contributed by atoms with Crippen LogP contribution in [0.4, 0.5) is 0 Å². The Bertz CT molecular complexity index is 228. The molecule has 1 heterocycles. The summed E-state index contributed by atoms with van der Waals surface area (Å²) in [7, 11) is 1.41. The highest BCUT2D eigenvalue weighted by molar-refractivity contribution is 5.75. The Morgan fingerprint density at radius 1 is 1.44 bits per heavy atom. The number of hydrogen-bond donors (Lipinski definition) is 0. The van der Waals surface area contributed by atoms with Gasteiger partial charge in [0.15, 0.2) is 6.10 Å². The van der Waals surface area contributed by atoms with Crippen LogP contribution >= 0.6 is 0 Å². The van der Waals surface area contributed by atoms with Crippen molar-refractivity contribution in [1.29, 1.82) is 0 Å². The molecule has 0 radical (unpaired) electrons. The van der Waals surface area contributed by atoms with Gasteiger partial charge < -0.3 is 9.47 Å². The van der Waals surface area contributed by atoms with Gasteiger partial charge in [0.2, 0.25) is 0 Å². The maximum atomic E-state index is 11.5. The fraction of sp³-hybridized carbons (Fsp3) is 0.917. The normalized spacial score (nSPS) is 27.1. The third-order valence-corrected chi connectivity index (χ3v) is 3.21. The quantitative estimate of drug-likeness (QED) is 0.684. The lowest BCUT2D eigenvalue weighted by molar-refractivity contribution is -0.168. The lowest BCUT2D eigenvalue weighted by atomic mass is 10.1. The van der Waals surface area contributed by atoms with E-state index in [1.807, 2.05) is 6.92 Å². The molecule has 0 unspecified atom stereocenters. The van der Waals surface area contributed by atoms with E-state index >= 15 is 0 Å². The maximum Gasteiger partial charge on any atom is 0.336 e. The van der Waals surface area contributed by atoms with E-state index in [0.29, 0.717) is 12.6 Å². The molecule has 16 heavy (non-hydrogen) atoms. The number of hydrogen-bond acceptors (Lipinski definition) is 4. The summed E-state index contributed by atoms with van der Waals surface area (Å²) in [6.45, 7) is 7.93. The van der Waals surface area contributed by atoms with Crippen molar-refractivity contribution in [3.63, 3.8) is 0 Å². The average Bonchev–Trinajstić information content (AvgIpc) is 2.29. The Labute approximate surface area is 97.9 Å². The predicted octanol–water partition coefficient (Wildman–Crippen LogP) is 1.44. The number of ether oxygens (including phenoxy) is 2. The van der Waals surface area contributed by atoms with Gasteiger partial charge in [-0.25, -0.2) is 4.79 Å². The van der Waals surface area contributed by atoms with Crippen molar-refractivity contribution in [2.45, 2.75) is 51.9 Å². The fourth-order valence-electron chi connectivity index (χ4n) is 2.35. The Balaban J connectivity index is 2.63. The van der Waals surface area contributed by atoms with Crippen LogP contribution in [-0.2, 0) is 14.3 Å². The molecule has 2 atom stereocenters.